The molecule has 0 aliphatic heterocycles. The molecule has 6 nitrogen and oxygen atoms in total. The summed E-state index contributed by atoms with van der Waals surface area (Å²) < 4.78 is 35.6. The van der Waals surface area contributed by atoms with Crippen LogP contribution in [-0.4, -0.2) is 34.0 Å². The minimum Gasteiger partial charge on any atom is -0.497 e. The Kier molecular flexibility index (Phi) is 9.16. The van der Waals surface area contributed by atoms with Crippen molar-refractivity contribution >= 4 is 7.60 Å². The van der Waals surface area contributed by atoms with Crippen LogP contribution in [0.3, 0.4) is 0 Å². The van der Waals surface area contributed by atoms with Crippen LogP contribution in [0, 0.1) is 0 Å². The van der Waals surface area contributed by atoms with Crippen molar-refractivity contribution in [1.29, 1.82) is 0 Å². The first-order chi connectivity index (χ1) is 13.6. The van der Waals surface area contributed by atoms with Gasteiger partial charge in [-0.25, -0.2) is 0 Å². The predicted octanol–water partition coefficient (Wildman–Crippen LogP) is 4.94. The van der Waals surface area contributed by atoms with Gasteiger partial charge < -0.3 is 18.5 Å². The Labute approximate surface area is 167 Å². The van der Waals surface area contributed by atoms with E-state index >= 15 is 0 Å². The van der Waals surface area contributed by atoms with Gasteiger partial charge in [0.25, 0.3) is 0 Å². The third kappa shape index (κ3) is 5.90. The highest BCUT2D eigenvalue weighted by Gasteiger charge is 2.38. The molecule has 2 rings (SSSR count). The molecule has 2 aromatic rings. The lowest BCUT2D eigenvalue weighted by Crippen LogP contribution is -2.30. The van der Waals surface area contributed by atoms with E-state index in [1.807, 2.05) is 54.6 Å². The number of nitrogens with one attached hydrogen (secondary N) is 1. The lowest BCUT2D eigenvalue weighted by Gasteiger charge is -2.31. The van der Waals surface area contributed by atoms with Crippen LogP contribution >= 0.6 is 7.60 Å². The van der Waals surface area contributed by atoms with E-state index in [9.17, 15) is 4.57 Å². The molecule has 0 saturated heterocycles. The van der Waals surface area contributed by atoms with Crippen molar-refractivity contribution in [2.75, 3.05) is 34.0 Å². The molecule has 0 amide bonds. The fraction of sp³-hybridized carbons (Fsp3) is 0.429. The molecular formula is C21H30NO5P. The molecule has 0 heterocycles. The molecule has 2 aromatic carbocycles. The average Bonchev–Trinajstić information content (AvgIpc) is 2.72. The van der Waals surface area contributed by atoms with Gasteiger partial charge in [0.1, 0.15) is 11.5 Å². The summed E-state index contributed by atoms with van der Waals surface area (Å²) in [5.41, 5.74) is 1.82. The molecule has 0 aliphatic rings. The summed E-state index contributed by atoms with van der Waals surface area (Å²) in [6.07, 6.45) is 0. The summed E-state index contributed by atoms with van der Waals surface area (Å²) in [6.45, 7) is 4.59. The fourth-order valence-electron chi connectivity index (χ4n) is 2.99. The van der Waals surface area contributed by atoms with Gasteiger partial charge in [-0.2, -0.15) is 0 Å². The van der Waals surface area contributed by atoms with E-state index in [1.165, 1.54) is 0 Å². The minimum absolute atomic E-state index is 0.187. The summed E-state index contributed by atoms with van der Waals surface area (Å²) >= 11 is 0. The number of ether oxygens (including phenoxy) is 2. The molecule has 0 aromatic heterocycles. The summed E-state index contributed by atoms with van der Waals surface area (Å²) in [7, 11) is -0.226. The highest BCUT2D eigenvalue weighted by molar-refractivity contribution is 7.54. The van der Waals surface area contributed by atoms with Gasteiger partial charge in [-0.3, -0.25) is 9.88 Å². The largest absolute Gasteiger partial charge is 0.497 e. The lowest BCUT2D eigenvalue weighted by atomic mass is 10.1. The highest BCUT2D eigenvalue weighted by Crippen LogP contribution is 2.60. The molecule has 0 radical (unpaired) electrons. The van der Waals surface area contributed by atoms with Crippen molar-refractivity contribution in [3.63, 3.8) is 0 Å². The summed E-state index contributed by atoms with van der Waals surface area (Å²) in [4.78, 5) is 0. The summed E-state index contributed by atoms with van der Waals surface area (Å²) in [6, 6.07) is 17.1. The van der Waals surface area contributed by atoms with Crippen molar-refractivity contribution in [1.82, 2.24) is 5.32 Å². The fourth-order valence-corrected chi connectivity index (χ4v) is 4.98. The second-order valence-corrected chi connectivity index (χ2v) is 8.25. The zero-order valence-electron chi connectivity index (χ0n) is 17.0. The number of hydrogen-bond acceptors (Lipinski definition) is 6. The maximum atomic E-state index is 13.7. The quantitative estimate of drug-likeness (QED) is 0.503. The molecular weight excluding hydrogens is 377 g/mol. The Morgan fingerprint density at radius 3 is 2.00 bits per heavy atom. The third-order valence-corrected chi connectivity index (χ3v) is 6.58. The SMILES string of the molecule is CCOP(=O)(OCC)[C@H](N[C@H](COC)c1ccccc1)c1ccc(OC)cc1. The molecule has 0 saturated carbocycles. The molecule has 0 fully saturated rings. The van der Waals surface area contributed by atoms with E-state index in [-0.39, 0.29) is 19.3 Å². The van der Waals surface area contributed by atoms with Crippen molar-refractivity contribution in [3.8, 4) is 5.75 Å². The standard InChI is InChI=1S/C21H30NO5P/c1-5-26-28(23,27-6-2)21(18-12-14-19(25-4)15-13-18)22-20(16-24-3)17-10-8-7-9-11-17/h7-15,20-22H,5-6,16H2,1-4H3/t20-,21+/m1/s1. The molecule has 154 valence electrons. The Bertz CT molecular complexity index is 728. The maximum Gasteiger partial charge on any atom is 0.351 e. The van der Waals surface area contributed by atoms with Crippen LogP contribution in [0.4, 0.5) is 0 Å². The van der Waals surface area contributed by atoms with Crippen LogP contribution in [0.25, 0.3) is 0 Å². The highest BCUT2D eigenvalue weighted by atomic mass is 31.2. The summed E-state index contributed by atoms with van der Waals surface area (Å²) in [5, 5.41) is 3.46. The van der Waals surface area contributed by atoms with E-state index in [2.05, 4.69) is 5.32 Å². The van der Waals surface area contributed by atoms with Crippen LogP contribution in [0.5, 0.6) is 5.75 Å². The summed E-state index contributed by atoms with van der Waals surface area (Å²) in [5.74, 6) is 0.0697. The Morgan fingerprint density at radius 1 is 0.893 bits per heavy atom. The van der Waals surface area contributed by atoms with Gasteiger partial charge in [0.05, 0.1) is 33.0 Å². The minimum atomic E-state index is -3.48. The normalized spacial score (nSPS) is 13.9. The lowest BCUT2D eigenvalue weighted by molar-refractivity contribution is 0.157. The molecule has 0 unspecified atom stereocenters. The van der Waals surface area contributed by atoms with Crippen LogP contribution < -0.4 is 10.1 Å². The topological polar surface area (TPSA) is 66.0 Å². The predicted molar refractivity (Wildman–Crippen MR) is 111 cm³/mol. The average molecular weight is 407 g/mol. The molecule has 1 N–H and O–H groups in total. The van der Waals surface area contributed by atoms with Crippen LogP contribution in [-0.2, 0) is 18.3 Å². The first-order valence-corrected chi connectivity index (χ1v) is 11.0. The molecule has 0 spiro atoms. The van der Waals surface area contributed by atoms with Gasteiger partial charge in [0.2, 0.25) is 0 Å². The van der Waals surface area contributed by atoms with Gasteiger partial charge in [0, 0.05) is 7.11 Å². The number of methoxy groups -OCH3 is 2. The van der Waals surface area contributed by atoms with Crippen LogP contribution in [0.2, 0.25) is 0 Å². The van der Waals surface area contributed by atoms with Crippen molar-refractivity contribution < 1.29 is 23.1 Å². The van der Waals surface area contributed by atoms with Crippen molar-refractivity contribution in [2.45, 2.75) is 25.7 Å². The third-order valence-electron chi connectivity index (χ3n) is 4.26. The van der Waals surface area contributed by atoms with Gasteiger partial charge in [-0.1, -0.05) is 42.5 Å². The smallest absolute Gasteiger partial charge is 0.351 e. The van der Waals surface area contributed by atoms with Crippen molar-refractivity contribution in [3.05, 3.63) is 65.7 Å². The first-order valence-electron chi connectivity index (χ1n) is 9.40. The Hall–Kier alpha value is -1.69. The van der Waals surface area contributed by atoms with Crippen LogP contribution in [0.15, 0.2) is 54.6 Å². The van der Waals surface area contributed by atoms with Gasteiger partial charge in [-0.05, 0) is 37.1 Å². The van der Waals surface area contributed by atoms with E-state index in [1.54, 1.807) is 28.1 Å². The molecule has 7 heteroatoms. The first kappa shape index (κ1) is 22.6. The number of hydrogen-bond donors (Lipinski definition) is 1. The van der Waals surface area contributed by atoms with Crippen molar-refractivity contribution in [2.24, 2.45) is 0 Å². The molecule has 0 aliphatic carbocycles. The molecule has 2 atom stereocenters. The zero-order valence-corrected chi connectivity index (χ0v) is 17.9. The van der Waals surface area contributed by atoms with Gasteiger partial charge >= 0.3 is 7.60 Å². The second-order valence-electron chi connectivity index (χ2n) is 6.14. The van der Waals surface area contributed by atoms with E-state index in [0.717, 1.165) is 16.9 Å². The monoisotopic (exact) mass is 407 g/mol. The Morgan fingerprint density at radius 2 is 1.50 bits per heavy atom. The zero-order chi connectivity index (χ0) is 20.4. The van der Waals surface area contributed by atoms with Gasteiger partial charge in [0.15, 0.2) is 0 Å². The maximum absolute atomic E-state index is 13.7. The molecule has 28 heavy (non-hydrogen) atoms. The van der Waals surface area contributed by atoms with E-state index in [4.69, 9.17) is 18.5 Å². The van der Waals surface area contributed by atoms with E-state index in [0.29, 0.717) is 6.61 Å². The van der Waals surface area contributed by atoms with Gasteiger partial charge in [-0.15, -0.1) is 0 Å². The molecule has 0 bridgehead atoms. The Balaban J connectivity index is 2.44. The number of benzene rings is 2. The second kappa shape index (κ2) is 11.3. The van der Waals surface area contributed by atoms with E-state index < -0.39 is 13.4 Å². The van der Waals surface area contributed by atoms with Crippen LogP contribution in [0.1, 0.15) is 36.8 Å². The number of rotatable bonds is 12.